The van der Waals surface area contributed by atoms with E-state index in [0.717, 1.165) is 0 Å². The van der Waals surface area contributed by atoms with Gasteiger partial charge in [0, 0.05) is 6.54 Å². The second kappa shape index (κ2) is 7.57. The van der Waals surface area contributed by atoms with E-state index in [2.05, 4.69) is 30.4 Å². The number of likely N-dealkylation sites (tertiary alicyclic amines) is 1. The van der Waals surface area contributed by atoms with Crippen LogP contribution in [0.15, 0.2) is 0 Å². The van der Waals surface area contributed by atoms with E-state index in [1.807, 2.05) is 11.8 Å². The summed E-state index contributed by atoms with van der Waals surface area (Å²) in [6, 6.07) is 0. The number of unbranched alkanes of at least 4 members (excludes halogenated alkanes) is 1. The maximum absolute atomic E-state index is 3.64. The van der Waals surface area contributed by atoms with Gasteiger partial charge in [-0.3, -0.25) is 0 Å². The van der Waals surface area contributed by atoms with Crippen LogP contribution in [-0.4, -0.2) is 50.1 Å². The molecule has 0 atom stereocenters. The van der Waals surface area contributed by atoms with Crippen LogP contribution >= 0.6 is 11.8 Å². The van der Waals surface area contributed by atoms with Crippen molar-refractivity contribution in [1.82, 2.24) is 10.2 Å². The van der Waals surface area contributed by atoms with Crippen molar-refractivity contribution in [3.05, 3.63) is 0 Å². The van der Waals surface area contributed by atoms with E-state index in [-0.39, 0.29) is 0 Å². The van der Waals surface area contributed by atoms with Gasteiger partial charge in [-0.25, -0.2) is 0 Å². The van der Waals surface area contributed by atoms with Crippen LogP contribution in [0.1, 0.15) is 32.6 Å². The molecule has 96 valence electrons. The van der Waals surface area contributed by atoms with Crippen molar-refractivity contribution in [1.29, 1.82) is 0 Å². The molecular weight excluding hydrogens is 216 g/mol. The number of rotatable bonds is 7. The fourth-order valence-corrected chi connectivity index (χ4v) is 2.71. The van der Waals surface area contributed by atoms with Crippen molar-refractivity contribution in [3.63, 3.8) is 0 Å². The highest BCUT2D eigenvalue weighted by Gasteiger charge is 2.27. The number of hydrogen-bond acceptors (Lipinski definition) is 3. The first-order valence-electron chi connectivity index (χ1n) is 6.54. The van der Waals surface area contributed by atoms with Crippen molar-refractivity contribution in [2.45, 2.75) is 32.6 Å². The lowest BCUT2D eigenvalue weighted by atomic mass is 9.80. The smallest absolute Gasteiger partial charge is 0.000612 e. The lowest BCUT2D eigenvalue weighted by Crippen LogP contribution is -2.42. The largest absolute Gasteiger partial charge is 0.316 e. The van der Waals surface area contributed by atoms with Gasteiger partial charge in [0.2, 0.25) is 0 Å². The van der Waals surface area contributed by atoms with E-state index >= 15 is 0 Å². The molecule has 1 heterocycles. The summed E-state index contributed by atoms with van der Waals surface area (Å²) < 4.78 is 0. The second-order valence-electron chi connectivity index (χ2n) is 5.49. The highest BCUT2D eigenvalue weighted by atomic mass is 32.2. The Morgan fingerprint density at radius 1 is 1.25 bits per heavy atom. The molecule has 3 heteroatoms. The Labute approximate surface area is 106 Å². The zero-order valence-corrected chi connectivity index (χ0v) is 12.0. The standard InChI is InChI=1S/C13H28N2S/c1-13(6-9-15(2)10-7-13)12-14-8-4-5-11-16-3/h14H,4-12H2,1-3H3. The lowest BCUT2D eigenvalue weighted by molar-refractivity contribution is 0.137. The molecule has 1 saturated heterocycles. The zero-order valence-electron chi connectivity index (χ0n) is 11.2. The molecule has 1 aliphatic rings. The van der Waals surface area contributed by atoms with Gasteiger partial charge in [-0.1, -0.05) is 6.92 Å². The van der Waals surface area contributed by atoms with Crippen LogP contribution in [-0.2, 0) is 0 Å². The average molecular weight is 244 g/mol. The Balaban J connectivity index is 2.03. The van der Waals surface area contributed by atoms with E-state index in [4.69, 9.17) is 0 Å². The summed E-state index contributed by atoms with van der Waals surface area (Å²) in [5.74, 6) is 1.31. The maximum atomic E-state index is 3.64. The monoisotopic (exact) mass is 244 g/mol. The topological polar surface area (TPSA) is 15.3 Å². The van der Waals surface area contributed by atoms with Crippen molar-refractivity contribution in [2.24, 2.45) is 5.41 Å². The Bertz CT molecular complexity index is 177. The fraction of sp³-hybridized carbons (Fsp3) is 1.00. The third-order valence-electron chi connectivity index (χ3n) is 3.70. The van der Waals surface area contributed by atoms with Crippen LogP contribution in [0.5, 0.6) is 0 Å². The summed E-state index contributed by atoms with van der Waals surface area (Å²) in [6.45, 7) is 7.39. The van der Waals surface area contributed by atoms with Gasteiger partial charge in [0.1, 0.15) is 0 Å². The molecule has 0 bridgehead atoms. The highest BCUT2D eigenvalue weighted by molar-refractivity contribution is 7.98. The maximum Gasteiger partial charge on any atom is 0.000612 e. The highest BCUT2D eigenvalue weighted by Crippen LogP contribution is 2.29. The molecule has 1 rings (SSSR count). The summed E-state index contributed by atoms with van der Waals surface area (Å²) in [5, 5.41) is 3.64. The van der Waals surface area contributed by atoms with Gasteiger partial charge in [0.15, 0.2) is 0 Å². The molecule has 1 aliphatic heterocycles. The molecule has 0 aromatic rings. The summed E-state index contributed by atoms with van der Waals surface area (Å²) >= 11 is 1.95. The lowest BCUT2D eigenvalue weighted by Gasteiger charge is -2.38. The Morgan fingerprint density at radius 2 is 1.94 bits per heavy atom. The molecule has 0 saturated carbocycles. The normalized spacial score (nSPS) is 21.2. The molecule has 0 radical (unpaired) electrons. The predicted molar refractivity (Wildman–Crippen MR) is 75.3 cm³/mol. The third kappa shape index (κ3) is 5.55. The summed E-state index contributed by atoms with van der Waals surface area (Å²) in [5.41, 5.74) is 0.548. The molecule has 0 aliphatic carbocycles. The number of piperidine rings is 1. The van der Waals surface area contributed by atoms with Crippen molar-refractivity contribution >= 4 is 11.8 Å². The summed E-state index contributed by atoms with van der Waals surface area (Å²) in [4.78, 5) is 2.44. The second-order valence-corrected chi connectivity index (χ2v) is 6.48. The van der Waals surface area contributed by atoms with Gasteiger partial charge in [-0.15, -0.1) is 0 Å². The molecule has 0 amide bonds. The van der Waals surface area contributed by atoms with Crippen molar-refractivity contribution in [2.75, 3.05) is 45.2 Å². The number of nitrogens with one attached hydrogen (secondary N) is 1. The SMILES string of the molecule is CSCCCCNCC1(C)CCN(C)CC1. The summed E-state index contributed by atoms with van der Waals surface area (Å²) in [7, 11) is 2.23. The van der Waals surface area contributed by atoms with E-state index in [1.165, 1.54) is 57.6 Å². The molecular formula is C13H28N2S. The summed E-state index contributed by atoms with van der Waals surface area (Å²) in [6.07, 6.45) is 7.57. The van der Waals surface area contributed by atoms with E-state index < -0.39 is 0 Å². The predicted octanol–water partition coefficient (Wildman–Crippen LogP) is 2.45. The quantitative estimate of drug-likeness (QED) is 0.693. The minimum atomic E-state index is 0.548. The molecule has 1 N–H and O–H groups in total. The van der Waals surface area contributed by atoms with Crippen LogP contribution in [0.25, 0.3) is 0 Å². The van der Waals surface area contributed by atoms with Gasteiger partial charge >= 0.3 is 0 Å². The molecule has 0 aromatic carbocycles. The van der Waals surface area contributed by atoms with E-state index in [1.54, 1.807) is 0 Å². The van der Waals surface area contributed by atoms with Crippen molar-refractivity contribution < 1.29 is 0 Å². The van der Waals surface area contributed by atoms with Crippen LogP contribution in [0.4, 0.5) is 0 Å². The van der Waals surface area contributed by atoms with Gasteiger partial charge in [0.05, 0.1) is 0 Å². The van der Waals surface area contributed by atoms with Crippen LogP contribution in [0.2, 0.25) is 0 Å². The van der Waals surface area contributed by atoms with Gasteiger partial charge < -0.3 is 10.2 Å². The minimum Gasteiger partial charge on any atom is -0.316 e. The Hall–Kier alpha value is 0.270. The van der Waals surface area contributed by atoms with E-state index in [9.17, 15) is 0 Å². The minimum absolute atomic E-state index is 0.548. The molecule has 0 unspecified atom stereocenters. The average Bonchev–Trinajstić information content (AvgIpc) is 2.28. The van der Waals surface area contributed by atoms with Crippen molar-refractivity contribution in [3.8, 4) is 0 Å². The number of nitrogens with zero attached hydrogens (tertiary/aromatic N) is 1. The van der Waals surface area contributed by atoms with E-state index in [0.29, 0.717) is 5.41 Å². The molecule has 0 aromatic heterocycles. The first kappa shape index (κ1) is 14.3. The van der Waals surface area contributed by atoms with Crippen LogP contribution in [0.3, 0.4) is 0 Å². The number of thioether (sulfide) groups is 1. The van der Waals surface area contributed by atoms with Crippen LogP contribution < -0.4 is 5.32 Å². The molecule has 2 nitrogen and oxygen atoms in total. The number of hydrogen-bond donors (Lipinski definition) is 1. The van der Waals surface area contributed by atoms with Crippen LogP contribution in [0, 0.1) is 5.41 Å². The first-order chi connectivity index (χ1) is 7.66. The van der Waals surface area contributed by atoms with Gasteiger partial charge in [0.25, 0.3) is 0 Å². The third-order valence-corrected chi connectivity index (χ3v) is 4.39. The Kier molecular flexibility index (Phi) is 6.78. The fourth-order valence-electron chi connectivity index (χ4n) is 2.22. The van der Waals surface area contributed by atoms with Gasteiger partial charge in [-0.05, 0) is 69.8 Å². The molecule has 0 spiro atoms. The Morgan fingerprint density at radius 3 is 2.56 bits per heavy atom. The van der Waals surface area contributed by atoms with Gasteiger partial charge in [-0.2, -0.15) is 11.8 Å². The first-order valence-corrected chi connectivity index (χ1v) is 7.94. The molecule has 16 heavy (non-hydrogen) atoms. The zero-order chi connectivity index (χ0) is 11.9. The molecule has 1 fully saturated rings.